The first-order valence-corrected chi connectivity index (χ1v) is 16.0. The molecule has 0 bridgehead atoms. The van der Waals surface area contributed by atoms with Crippen molar-refractivity contribution in [3.63, 3.8) is 0 Å². The van der Waals surface area contributed by atoms with Crippen LogP contribution in [0.15, 0.2) is 97.2 Å². The molecule has 0 fully saturated rings. The van der Waals surface area contributed by atoms with Crippen molar-refractivity contribution in [3.05, 3.63) is 115 Å². The van der Waals surface area contributed by atoms with Gasteiger partial charge in [0.05, 0.1) is 5.56 Å². The Kier molecular flexibility index (Phi) is 8.25. The zero-order valence-electron chi connectivity index (χ0n) is 26.7. The summed E-state index contributed by atoms with van der Waals surface area (Å²) in [6.45, 7) is 12.9. The SMILES string of the molecule is CC(C)(C)c1ccc(-c2nc3c(nc(C(C)(C)C)n3-c3[c-]c(-c4cc(-c5cccc6ccccc56)ccn4)ccc3)s2)c(O)c1.[Pt]. The van der Waals surface area contributed by atoms with Crippen LogP contribution in [0.1, 0.15) is 52.9 Å². The van der Waals surface area contributed by atoms with Crippen LogP contribution in [0.3, 0.4) is 0 Å². The summed E-state index contributed by atoms with van der Waals surface area (Å²) >= 11 is 1.50. The maximum absolute atomic E-state index is 11.0. The number of thiazole rings is 1. The van der Waals surface area contributed by atoms with E-state index < -0.39 is 0 Å². The quantitative estimate of drug-likeness (QED) is 0.180. The fourth-order valence-electron chi connectivity index (χ4n) is 5.75. The summed E-state index contributed by atoms with van der Waals surface area (Å²) in [6.07, 6.45) is 1.87. The summed E-state index contributed by atoms with van der Waals surface area (Å²) in [6, 6.07) is 34.7. The molecule has 4 aromatic carbocycles. The number of rotatable bonds is 4. The van der Waals surface area contributed by atoms with Gasteiger partial charge in [0, 0.05) is 32.7 Å². The standard InChI is InChI=1S/C39H35N4OS.Pt/c1-38(2,3)27-17-18-31(33(44)23-27)35-41-34-36(45-35)42-37(39(4,5)6)43(34)28-14-9-13-26(21-28)32-22-25(19-20-40-32)30-16-10-12-24-11-7-8-15-29(24)30;/h7-20,22-23,44H,1-6H3;/q-1;. The molecule has 0 aliphatic heterocycles. The zero-order chi connectivity index (χ0) is 31.5. The number of benzene rings is 4. The van der Waals surface area contributed by atoms with Crippen LogP contribution in [0.5, 0.6) is 5.75 Å². The van der Waals surface area contributed by atoms with Crippen molar-refractivity contribution < 1.29 is 26.2 Å². The van der Waals surface area contributed by atoms with Crippen molar-refractivity contribution >= 4 is 32.6 Å². The molecule has 0 saturated heterocycles. The molecule has 0 amide bonds. The van der Waals surface area contributed by atoms with E-state index in [1.165, 1.54) is 27.7 Å². The van der Waals surface area contributed by atoms with E-state index in [4.69, 9.17) is 15.0 Å². The number of aromatic hydroxyl groups is 1. The Morgan fingerprint density at radius 2 is 1.52 bits per heavy atom. The fourth-order valence-corrected chi connectivity index (χ4v) is 6.71. The molecule has 0 spiro atoms. The van der Waals surface area contributed by atoms with Gasteiger partial charge in [0.15, 0.2) is 10.5 Å². The molecule has 0 radical (unpaired) electrons. The number of aromatic nitrogens is 4. The minimum absolute atomic E-state index is 0. The summed E-state index contributed by atoms with van der Waals surface area (Å²) in [5.74, 6) is 1.13. The predicted molar refractivity (Wildman–Crippen MR) is 186 cm³/mol. The third-order valence-corrected chi connectivity index (χ3v) is 9.12. The molecular formula is C39H35N4OPtS-. The molecule has 0 aliphatic carbocycles. The number of phenols is 1. The number of nitrogens with zero attached hydrogens (tertiary/aromatic N) is 4. The smallest absolute Gasteiger partial charge is 0.175 e. The minimum atomic E-state index is -0.243. The van der Waals surface area contributed by atoms with Crippen molar-refractivity contribution in [3.8, 4) is 44.4 Å². The van der Waals surface area contributed by atoms with Crippen LogP contribution in [0.4, 0.5) is 0 Å². The van der Waals surface area contributed by atoms with E-state index in [2.05, 4.69) is 113 Å². The summed E-state index contributed by atoms with van der Waals surface area (Å²) in [4.78, 5) is 15.7. The van der Waals surface area contributed by atoms with Gasteiger partial charge in [-0.2, -0.15) is 0 Å². The summed E-state index contributed by atoms with van der Waals surface area (Å²) in [5.41, 5.74) is 7.10. The minimum Gasteiger partial charge on any atom is -0.507 e. The number of hydrogen-bond acceptors (Lipinski definition) is 5. The molecule has 3 heterocycles. The van der Waals surface area contributed by atoms with E-state index in [1.54, 1.807) is 0 Å². The topological polar surface area (TPSA) is 63.8 Å². The largest absolute Gasteiger partial charge is 0.507 e. The Balaban J connectivity index is 0.00000372. The monoisotopic (exact) mass is 802 g/mol. The van der Waals surface area contributed by atoms with E-state index in [0.717, 1.165) is 49.4 Å². The number of imidazole rings is 1. The van der Waals surface area contributed by atoms with Crippen LogP contribution in [-0.2, 0) is 31.9 Å². The second-order valence-corrected chi connectivity index (χ2v) is 14.5. The van der Waals surface area contributed by atoms with Gasteiger partial charge in [-0.05, 0) is 62.5 Å². The molecule has 0 unspecified atom stereocenters. The average molecular weight is 803 g/mol. The molecular weight excluding hydrogens is 768 g/mol. The average Bonchev–Trinajstić information content (AvgIpc) is 3.59. The van der Waals surface area contributed by atoms with Crippen LogP contribution >= 0.6 is 11.3 Å². The molecule has 0 saturated carbocycles. The van der Waals surface area contributed by atoms with Crippen molar-refractivity contribution in [1.29, 1.82) is 0 Å². The van der Waals surface area contributed by atoms with Gasteiger partial charge in [-0.25, -0.2) is 9.97 Å². The van der Waals surface area contributed by atoms with Crippen LogP contribution in [0.2, 0.25) is 0 Å². The van der Waals surface area contributed by atoms with E-state index in [-0.39, 0.29) is 37.6 Å². The van der Waals surface area contributed by atoms with Gasteiger partial charge >= 0.3 is 0 Å². The van der Waals surface area contributed by atoms with Crippen LogP contribution in [-0.4, -0.2) is 24.6 Å². The van der Waals surface area contributed by atoms with Crippen molar-refractivity contribution in [2.75, 3.05) is 0 Å². The first-order chi connectivity index (χ1) is 21.5. The van der Waals surface area contributed by atoms with E-state index in [0.29, 0.717) is 5.56 Å². The van der Waals surface area contributed by atoms with Gasteiger partial charge in [-0.15, -0.1) is 29.8 Å². The molecule has 7 heteroatoms. The van der Waals surface area contributed by atoms with Gasteiger partial charge < -0.3 is 10.1 Å². The maximum Gasteiger partial charge on any atom is 0.175 e. The van der Waals surface area contributed by atoms with Crippen molar-refractivity contribution in [2.24, 2.45) is 0 Å². The molecule has 234 valence electrons. The Bertz CT molecular complexity index is 2210. The van der Waals surface area contributed by atoms with Gasteiger partial charge in [-0.3, -0.25) is 4.57 Å². The first kappa shape index (κ1) is 31.8. The van der Waals surface area contributed by atoms with Crippen LogP contribution in [0.25, 0.3) is 59.9 Å². The second kappa shape index (κ2) is 11.9. The Hall–Kier alpha value is -4.12. The fraction of sp³-hybridized carbons (Fsp3) is 0.205. The Morgan fingerprint density at radius 3 is 2.28 bits per heavy atom. The molecule has 0 aliphatic rings. The maximum atomic E-state index is 11.0. The number of pyridine rings is 1. The van der Waals surface area contributed by atoms with Crippen molar-refractivity contribution in [1.82, 2.24) is 19.5 Å². The van der Waals surface area contributed by atoms with Gasteiger partial charge in [0.1, 0.15) is 16.6 Å². The third-order valence-electron chi connectivity index (χ3n) is 8.15. The zero-order valence-corrected chi connectivity index (χ0v) is 29.8. The predicted octanol–water partition coefficient (Wildman–Crippen LogP) is 10.1. The van der Waals surface area contributed by atoms with Crippen molar-refractivity contribution in [2.45, 2.75) is 52.4 Å². The van der Waals surface area contributed by atoms with Crippen LogP contribution in [0, 0.1) is 6.07 Å². The summed E-state index contributed by atoms with van der Waals surface area (Å²) in [7, 11) is 0. The third kappa shape index (κ3) is 5.81. The molecule has 0 atom stereocenters. The first-order valence-electron chi connectivity index (χ1n) is 15.2. The van der Waals surface area contributed by atoms with E-state index in [9.17, 15) is 5.11 Å². The van der Waals surface area contributed by atoms with Gasteiger partial charge in [0.2, 0.25) is 0 Å². The number of phenolic OH excluding ortho intramolecular Hbond substituents is 1. The summed E-state index contributed by atoms with van der Waals surface area (Å²) < 4.78 is 2.11. The molecule has 7 rings (SSSR count). The molecule has 1 N–H and O–H groups in total. The molecule has 3 aromatic heterocycles. The van der Waals surface area contributed by atoms with E-state index in [1.807, 2.05) is 36.5 Å². The van der Waals surface area contributed by atoms with Crippen LogP contribution < -0.4 is 0 Å². The molecule has 46 heavy (non-hydrogen) atoms. The normalized spacial score (nSPS) is 12.0. The molecule has 7 aromatic rings. The number of hydrogen-bond donors (Lipinski definition) is 1. The van der Waals surface area contributed by atoms with Gasteiger partial charge in [-0.1, -0.05) is 107 Å². The second-order valence-electron chi connectivity index (χ2n) is 13.6. The molecule has 5 nitrogen and oxygen atoms in total. The Morgan fingerprint density at radius 1 is 0.761 bits per heavy atom. The summed E-state index contributed by atoms with van der Waals surface area (Å²) in [5, 5.41) is 14.2. The Labute approximate surface area is 288 Å². The van der Waals surface area contributed by atoms with Gasteiger partial charge in [0.25, 0.3) is 0 Å². The van der Waals surface area contributed by atoms with E-state index >= 15 is 0 Å². The number of fused-ring (bicyclic) bond motifs is 2.